The Bertz CT molecular complexity index is 781. The molecule has 0 amide bonds. The molecule has 6 nitrogen and oxygen atoms in total. The Hall–Kier alpha value is -1.59. The van der Waals surface area contributed by atoms with Crippen molar-refractivity contribution in [2.75, 3.05) is 13.2 Å². The molecule has 0 rings (SSSR count). The van der Waals surface area contributed by atoms with E-state index in [-0.39, 0.29) is 31.1 Å². The molecule has 0 saturated heterocycles. The topological polar surface area (TPSA) is 78.9 Å². The van der Waals surface area contributed by atoms with Gasteiger partial charge in [0, 0.05) is 19.3 Å². The van der Waals surface area contributed by atoms with E-state index in [9.17, 15) is 14.4 Å². The molecule has 0 spiro atoms. The molecule has 0 bridgehead atoms. The normalized spacial score (nSPS) is 11.9. The molecule has 0 fully saturated rings. The van der Waals surface area contributed by atoms with Crippen LogP contribution in [-0.4, -0.2) is 37.2 Å². The average molecular weight is 737 g/mol. The lowest BCUT2D eigenvalue weighted by Crippen LogP contribution is -2.30. The molecule has 0 unspecified atom stereocenters. The molecular weight excluding hydrogens is 648 g/mol. The second kappa shape index (κ2) is 40.6. The summed E-state index contributed by atoms with van der Waals surface area (Å²) in [5.74, 6) is -0.0259. The van der Waals surface area contributed by atoms with Crippen molar-refractivity contribution in [3.8, 4) is 0 Å². The van der Waals surface area contributed by atoms with E-state index in [1.807, 2.05) is 0 Å². The first-order valence-electron chi connectivity index (χ1n) is 22.9. The molecular formula is C46H88O6. The first-order chi connectivity index (χ1) is 25.4. The summed E-state index contributed by atoms with van der Waals surface area (Å²) in [6, 6.07) is 0. The van der Waals surface area contributed by atoms with E-state index in [2.05, 4.69) is 27.7 Å². The van der Waals surface area contributed by atoms with Crippen LogP contribution in [0.4, 0.5) is 0 Å². The van der Waals surface area contributed by atoms with E-state index < -0.39 is 6.10 Å². The Morgan fingerprint density at radius 2 is 0.635 bits per heavy atom. The molecule has 0 aliphatic rings. The van der Waals surface area contributed by atoms with E-state index >= 15 is 0 Å². The molecule has 1 atom stereocenters. The maximum absolute atomic E-state index is 12.7. The third kappa shape index (κ3) is 39.6. The molecule has 0 aliphatic heterocycles. The third-order valence-corrected chi connectivity index (χ3v) is 10.3. The Labute approximate surface area is 323 Å². The molecule has 0 saturated carbocycles. The summed E-state index contributed by atoms with van der Waals surface area (Å²) in [4.78, 5) is 37.6. The second-order valence-electron chi connectivity index (χ2n) is 16.2. The molecule has 0 aliphatic carbocycles. The molecule has 52 heavy (non-hydrogen) atoms. The van der Waals surface area contributed by atoms with Crippen molar-refractivity contribution < 1.29 is 28.6 Å². The number of hydrogen-bond acceptors (Lipinski definition) is 6. The van der Waals surface area contributed by atoms with Crippen LogP contribution >= 0.6 is 0 Å². The number of carbonyl (C=O) groups excluding carboxylic acids is 3. The largest absolute Gasteiger partial charge is 0.462 e. The molecule has 0 N–H and O–H groups in total. The maximum Gasteiger partial charge on any atom is 0.306 e. The van der Waals surface area contributed by atoms with Crippen LogP contribution in [0.5, 0.6) is 0 Å². The number of esters is 3. The summed E-state index contributed by atoms with van der Waals surface area (Å²) in [6.07, 6.45) is 39.5. The smallest absolute Gasteiger partial charge is 0.306 e. The Morgan fingerprint density at radius 3 is 0.942 bits per heavy atom. The van der Waals surface area contributed by atoms with Gasteiger partial charge in [0.25, 0.3) is 0 Å². The summed E-state index contributed by atoms with van der Waals surface area (Å²) in [5.41, 5.74) is 0. The molecule has 0 radical (unpaired) electrons. The van der Waals surface area contributed by atoms with Gasteiger partial charge in [-0.3, -0.25) is 14.4 Å². The minimum atomic E-state index is -0.758. The van der Waals surface area contributed by atoms with E-state index in [0.717, 1.165) is 63.7 Å². The van der Waals surface area contributed by atoms with Crippen LogP contribution in [0.2, 0.25) is 0 Å². The highest BCUT2D eigenvalue weighted by Gasteiger charge is 2.19. The molecule has 6 heteroatoms. The van der Waals surface area contributed by atoms with Gasteiger partial charge in [-0.05, 0) is 25.2 Å². The molecule has 0 aromatic heterocycles. The molecule has 0 aromatic rings. The standard InChI is InChI=1S/C46H88O6/c1-5-7-9-11-13-14-15-19-23-27-31-35-39-46(49)52-43(40-50-44(47)37-33-29-24-12-10-8-6-2)41-51-45(48)38-34-30-26-22-20-17-16-18-21-25-28-32-36-42(3)4/h42-43H,5-41H2,1-4H3/t43-/m1/s1. The molecule has 0 aromatic carbocycles. The second-order valence-corrected chi connectivity index (χ2v) is 16.2. The van der Waals surface area contributed by atoms with E-state index in [1.54, 1.807) is 0 Å². The first-order valence-corrected chi connectivity index (χ1v) is 22.9. The van der Waals surface area contributed by atoms with Gasteiger partial charge in [-0.15, -0.1) is 0 Å². The van der Waals surface area contributed by atoms with Gasteiger partial charge in [0.1, 0.15) is 13.2 Å². The number of carbonyl (C=O) groups is 3. The average Bonchev–Trinajstić information content (AvgIpc) is 3.12. The number of hydrogen-bond donors (Lipinski definition) is 0. The van der Waals surface area contributed by atoms with Crippen LogP contribution in [0.1, 0.15) is 252 Å². The van der Waals surface area contributed by atoms with Crippen LogP contribution in [0.25, 0.3) is 0 Å². The third-order valence-electron chi connectivity index (χ3n) is 10.3. The van der Waals surface area contributed by atoms with Gasteiger partial charge in [0.05, 0.1) is 0 Å². The van der Waals surface area contributed by atoms with Crippen molar-refractivity contribution in [1.82, 2.24) is 0 Å². The Kier molecular flexibility index (Phi) is 39.4. The highest BCUT2D eigenvalue weighted by molar-refractivity contribution is 5.71. The van der Waals surface area contributed by atoms with Gasteiger partial charge in [0.2, 0.25) is 0 Å². The van der Waals surface area contributed by atoms with Gasteiger partial charge in [-0.2, -0.15) is 0 Å². The van der Waals surface area contributed by atoms with Gasteiger partial charge in [-0.25, -0.2) is 0 Å². The highest BCUT2D eigenvalue weighted by atomic mass is 16.6. The predicted octanol–water partition coefficient (Wildman–Crippen LogP) is 14.3. The number of unbranched alkanes of at least 4 members (excludes halogenated alkanes) is 28. The summed E-state index contributed by atoms with van der Waals surface area (Å²) in [5, 5.41) is 0. The van der Waals surface area contributed by atoms with Crippen LogP contribution in [-0.2, 0) is 28.6 Å². The zero-order valence-corrected chi connectivity index (χ0v) is 35.3. The molecule has 308 valence electrons. The number of ether oxygens (including phenoxy) is 3. The molecule has 0 heterocycles. The zero-order chi connectivity index (χ0) is 38.2. The van der Waals surface area contributed by atoms with Crippen LogP contribution in [0, 0.1) is 5.92 Å². The fourth-order valence-corrected chi connectivity index (χ4v) is 6.80. The maximum atomic E-state index is 12.7. The van der Waals surface area contributed by atoms with Crippen LogP contribution < -0.4 is 0 Å². The number of rotatable bonds is 41. The van der Waals surface area contributed by atoms with Crippen molar-refractivity contribution in [1.29, 1.82) is 0 Å². The summed E-state index contributed by atoms with van der Waals surface area (Å²) in [6.45, 7) is 8.96. The van der Waals surface area contributed by atoms with E-state index in [0.29, 0.717) is 19.3 Å². The minimum absolute atomic E-state index is 0.0640. The quantitative estimate of drug-likeness (QED) is 0.0353. The van der Waals surface area contributed by atoms with Gasteiger partial charge >= 0.3 is 17.9 Å². The summed E-state index contributed by atoms with van der Waals surface area (Å²) < 4.78 is 16.7. The first kappa shape index (κ1) is 50.4. The Balaban J connectivity index is 4.25. The fourth-order valence-electron chi connectivity index (χ4n) is 6.80. The van der Waals surface area contributed by atoms with Crippen molar-refractivity contribution >= 4 is 17.9 Å². The Morgan fingerprint density at radius 1 is 0.365 bits per heavy atom. The van der Waals surface area contributed by atoms with Crippen molar-refractivity contribution in [2.24, 2.45) is 5.92 Å². The van der Waals surface area contributed by atoms with Crippen LogP contribution in [0.15, 0.2) is 0 Å². The van der Waals surface area contributed by atoms with Crippen LogP contribution in [0.3, 0.4) is 0 Å². The lowest BCUT2D eigenvalue weighted by atomic mass is 10.0. The van der Waals surface area contributed by atoms with Gasteiger partial charge in [-0.1, -0.05) is 214 Å². The summed E-state index contributed by atoms with van der Waals surface area (Å²) >= 11 is 0. The predicted molar refractivity (Wildman–Crippen MR) is 220 cm³/mol. The lowest BCUT2D eigenvalue weighted by Gasteiger charge is -2.18. The highest BCUT2D eigenvalue weighted by Crippen LogP contribution is 2.16. The monoisotopic (exact) mass is 737 g/mol. The van der Waals surface area contributed by atoms with Gasteiger partial charge < -0.3 is 14.2 Å². The van der Waals surface area contributed by atoms with Crippen molar-refractivity contribution in [3.05, 3.63) is 0 Å². The lowest BCUT2D eigenvalue weighted by molar-refractivity contribution is -0.167. The van der Waals surface area contributed by atoms with Gasteiger partial charge in [0.15, 0.2) is 6.10 Å². The SMILES string of the molecule is CCCCCCCCCCCCCCC(=O)O[C@H](COC(=O)CCCCCCCCC)COC(=O)CCCCCCCCCCCCCCC(C)C. The summed E-state index contributed by atoms with van der Waals surface area (Å²) in [7, 11) is 0. The zero-order valence-electron chi connectivity index (χ0n) is 35.3. The minimum Gasteiger partial charge on any atom is -0.462 e. The van der Waals surface area contributed by atoms with Crippen molar-refractivity contribution in [2.45, 2.75) is 259 Å². The van der Waals surface area contributed by atoms with E-state index in [1.165, 1.54) is 148 Å². The van der Waals surface area contributed by atoms with Crippen molar-refractivity contribution in [3.63, 3.8) is 0 Å². The fraction of sp³-hybridized carbons (Fsp3) is 0.935. The van der Waals surface area contributed by atoms with E-state index in [4.69, 9.17) is 14.2 Å².